The molecule has 0 heterocycles. The topological polar surface area (TPSA) is 0 Å². The van der Waals surface area contributed by atoms with E-state index < -0.39 is 71.7 Å². The second-order valence-corrected chi connectivity index (χ2v) is 6.91. The summed E-state index contributed by atoms with van der Waals surface area (Å²) in [5.41, 5.74) is 0. The Balaban J connectivity index is -0.0000000233. The van der Waals surface area contributed by atoms with Crippen LogP contribution < -0.4 is 131 Å². The van der Waals surface area contributed by atoms with Gasteiger partial charge in [0.2, 0.25) is 0 Å². The summed E-state index contributed by atoms with van der Waals surface area (Å²) in [5.74, 6) is -7.49. The molecule has 0 aromatic rings. The SMILES string of the molecule is FC(F)(F)CCl.FC(F)(F)CS.FC(F)(F)CSCC(F)(F)F.FC(F)(F)C[S-].FC(F)(F)C[S-].S.S.[Cl-].[H-].[Na+].[Na+].[Na+].[Na+]. The molecule has 0 aliphatic carbocycles. The zero-order chi connectivity index (χ0) is 29.9. The van der Waals surface area contributed by atoms with Gasteiger partial charge in [0.25, 0.3) is 0 Å². The van der Waals surface area contributed by atoms with Crippen LogP contribution in [0, 0.1) is 0 Å². The van der Waals surface area contributed by atoms with E-state index in [1.165, 1.54) is 0 Å². The van der Waals surface area contributed by atoms with Crippen molar-refractivity contribution in [3.8, 4) is 0 Å². The maximum atomic E-state index is 11.2. The van der Waals surface area contributed by atoms with E-state index in [1.54, 1.807) is 0 Å². The van der Waals surface area contributed by atoms with Crippen LogP contribution in [0.1, 0.15) is 1.43 Å². The number of hydrogen-bond donors (Lipinski definition) is 1. The third-order valence-electron chi connectivity index (χ3n) is 1.19. The fraction of sp³-hybridized carbons (Fsp3) is 1.00. The van der Waals surface area contributed by atoms with Gasteiger partial charge in [-0.2, -0.15) is 119 Å². The third kappa shape index (κ3) is 139. The van der Waals surface area contributed by atoms with E-state index in [9.17, 15) is 79.0 Å². The summed E-state index contributed by atoms with van der Waals surface area (Å²) >= 11 is 14.5. The van der Waals surface area contributed by atoms with E-state index in [1.807, 2.05) is 0 Å². The molecule has 0 nitrogen and oxygen atoms in total. The van der Waals surface area contributed by atoms with Crippen molar-refractivity contribution in [2.75, 3.05) is 34.6 Å². The smallest absolute Gasteiger partial charge is 1.00 e. The second-order valence-electron chi connectivity index (χ2n) is 4.76. The van der Waals surface area contributed by atoms with Crippen molar-refractivity contribution in [3.05, 3.63) is 0 Å². The summed E-state index contributed by atoms with van der Waals surface area (Å²) in [6.07, 6.45) is -25.6. The number of hydrogen-bond acceptors (Lipinski definition) is 4. The van der Waals surface area contributed by atoms with Crippen molar-refractivity contribution in [1.82, 2.24) is 0 Å². The molecule has 0 unspecified atom stereocenters. The molecule has 0 aliphatic heterocycles. The minimum absolute atomic E-state index is 0. The molecule has 0 aliphatic rings. The minimum Gasteiger partial charge on any atom is -1.00 e. The quantitative estimate of drug-likeness (QED) is 0.0968. The molecule has 0 aromatic carbocycles. The standard InChI is InChI=1S/C4H4F6S.C2H2ClF3.3C2H3F3S.ClH.4Na.2H2S.H/c5-3(6,7)1-11-2-4(8,9)10;3-1-2(4,5)6;3*3-2(4,5)1-6;;;;;;;;/h1-2H2;1H2;3*6H,1H2;1H;;;;;2*1H2;/q;;;;;;4*+1;;;-1/p-3. The summed E-state index contributed by atoms with van der Waals surface area (Å²) in [5, 5.41) is 0. The number of halogens is 20. The molecule has 0 radical (unpaired) electrons. The van der Waals surface area contributed by atoms with E-state index in [2.05, 4.69) is 49.5 Å². The van der Waals surface area contributed by atoms with Crippen LogP contribution in [0.3, 0.4) is 0 Å². The normalized spacial score (nSPS) is 10.4. The average molecular weight is 860 g/mol. The van der Waals surface area contributed by atoms with Crippen LogP contribution in [0.25, 0.3) is 0 Å². The number of rotatable bonds is 2. The fourth-order valence-electron chi connectivity index (χ4n) is 0.282. The average Bonchev–Trinajstić information content (AvgIpc) is 2.59. The molecule has 0 bridgehead atoms. The van der Waals surface area contributed by atoms with Crippen molar-refractivity contribution in [2.24, 2.45) is 0 Å². The van der Waals surface area contributed by atoms with Gasteiger partial charge in [0.15, 0.2) is 0 Å². The summed E-state index contributed by atoms with van der Waals surface area (Å²) in [7, 11) is 0. The summed E-state index contributed by atoms with van der Waals surface area (Å²) in [6.45, 7) is 0. The molecule has 0 N–H and O–H groups in total. The van der Waals surface area contributed by atoms with Crippen LogP contribution in [0.15, 0.2) is 0 Å². The second kappa shape index (κ2) is 40.8. The molecule has 0 spiro atoms. The van der Waals surface area contributed by atoms with E-state index in [4.69, 9.17) is 0 Å². The fourth-order valence-corrected chi connectivity index (χ4v) is 0.847. The first-order valence-electron chi connectivity index (χ1n) is 7.26. The van der Waals surface area contributed by atoms with Gasteiger partial charge in [0, 0.05) is 0 Å². The molecule has 0 fully saturated rings. The zero-order valence-corrected chi connectivity index (χ0v) is 36.3. The molecule has 0 atom stereocenters. The van der Waals surface area contributed by atoms with Gasteiger partial charge < -0.3 is 39.1 Å². The molecule has 0 saturated heterocycles. The summed E-state index contributed by atoms with van der Waals surface area (Å²) in [6, 6.07) is 0. The predicted octanol–water partition coefficient (Wildman–Crippen LogP) is -6.34. The third-order valence-corrected chi connectivity index (χ3v) is 3.57. The van der Waals surface area contributed by atoms with Gasteiger partial charge in [-0.25, -0.2) is 0 Å². The van der Waals surface area contributed by atoms with Crippen LogP contribution >= 0.6 is 63.0 Å². The van der Waals surface area contributed by atoms with Crippen LogP contribution in [0.4, 0.5) is 79.0 Å². The maximum Gasteiger partial charge on any atom is 1.00 e. The predicted molar refractivity (Wildman–Crippen MR) is 125 cm³/mol. The Morgan fingerprint density at radius 2 is 0.643 bits per heavy atom. The van der Waals surface area contributed by atoms with E-state index in [0.717, 1.165) is 0 Å². The summed E-state index contributed by atoms with van der Waals surface area (Å²) in [4.78, 5) is 0. The van der Waals surface area contributed by atoms with Crippen LogP contribution in [-0.2, 0) is 25.3 Å². The molecule has 42 heavy (non-hydrogen) atoms. The number of thiol groups is 1. The van der Waals surface area contributed by atoms with Gasteiger partial charge in [-0.05, 0) is 0 Å². The van der Waals surface area contributed by atoms with Gasteiger partial charge in [-0.3, -0.25) is 0 Å². The van der Waals surface area contributed by atoms with Gasteiger partial charge >= 0.3 is 155 Å². The molecular formula is C12H18Cl2F18Na4S6. The molecule has 0 amide bonds. The van der Waals surface area contributed by atoms with Crippen molar-refractivity contribution < 1.29 is 211 Å². The molecule has 246 valence electrons. The molecule has 0 aromatic heterocycles. The van der Waals surface area contributed by atoms with Gasteiger partial charge in [-0.15, -0.1) is 23.4 Å². The van der Waals surface area contributed by atoms with Gasteiger partial charge in [-0.1, -0.05) is 11.5 Å². The van der Waals surface area contributed by atoms with Crippen LogP contribution in [0.2, 0.25) is 0 Å². The van der Waals surface area contributed by atoms with E-state index in [-0.39, 0.29) is 171 Å². The molecule has 0 rings (SSSR count). The molecule has 0 saturated carbocycles. The van der Waals surface area contributed by atoms with Crippen LogP contribution in [-0.4, -0.2) is 71.7 Å². The Bertz CT molecular complexity index is 429. The molecule has 30 heteroatoms. The van der Waals surface area contributed by atoms with E-state index in [0.29, 0.717) is 0 Å². The minimum atomic E-state index is -4.52. The zero-order valence-electron chi connectivity index (χ0n) is 22.5. The van der Waals surface area contributed by atoms with Crippen LogP contribution in [0.5, 0.6) is 0 Å². The van der Waals surface area contributed by atoms with Gasteiger partial charge in [0.05, 0.1) is 17.3 Å². The molecular weight excluding hydrogens is 841 g/mol. The van der Waals surface area contributed by atoms with Crippen molar-refractivity contribution in [3.63, 3.8) is 0 Å². The van der Waals surface area contributed by atoms with Crippen molar-refractivity contribution in [1.29, 1.82) is 0 Å². The van der Waals surface area contributed by atoms with Crippen molar-refractivity contribution >= 4 is 88.2 Å². The Morgan fingerprint density at radius 1 is 0.500 bits per heavy atom. The summed E-state index contributed by atoms with van der Waals surface area (Å²) < 4.78 is 196. The first-order valence-corrected chi connectivity index (χ1v) is 10.7. The number of thioether (sulfide) groups is 1. The Hall–Kier alpha value is 5.42. The Morgan fingerprint density at radius 3 is 0.690 bits per heavy atom. The first kappa shape index (κ1) is 81.4. The van der Waals surface area contributed by atoms with Gasteiger partial charge in [0.1, 0.15) is 5.88 Å². The van der Waals surface area contributed by atoms with E-state index >= 15 is 0 Å². The number of alkyl halides is 19. The Labute approximate surface area is 365 Å². The van der Waals surface area contributed by atoms with Crippen molar-refractivity contribution in [2.45, 2.75) is 37.1 Å². The maximum absolute atomic E-state index is 11.2. The largest absolute Gasteiger partial charge is 1.00 e. The Kier molecular flexibility index (Phi) is 79.2. The monoisotopic (exact) mass is 858 g/mol. The first-order chi connectivity index (χ1) is 14.9.